The molecule has 0 amide bonds. The van der Waals surface area contributed by atoms with Crippen LogP contribution in [0.15, 0.2) is 12.3 Å². The van der Waals surface area contributed by atoms with Gasteiger partial charge in [0.1, 0.15) is 5.82 Å². The average Bonchev–Trinajstić information content (AvgIpc) is 2.26. The minimum absolute atomic E-state index is 0.104. The van der Waals surface area contributed by atoms with Gasteiger partial charge in [-0.05, 0) is 24.5 Å². The number of nitrogens with two attached hydrogens (primary N) is 1. The molecule has 4 N–H and O–H groups in total. The fraction of sp³-hybridized carbons (Fsp3) is 0.400. The number of carboxylic acid groups (broad SMARTS) is 1. The number of nitrogens with zero attached hydrogens (tertiary/aromatic N) is 1. The van der Waals surface area contributed by atoms with Crippen molar-refractivity contribution in [2.45, 2.75) is 6.42 Å². The summed E-state index contributed by atoms with van der Waals surface area (Å²) < 4.78 is 0. The van der Waals surface area contributed by atoms with Crippen LogP contribution >= 0.6 is 11.8 Å². The molecule has 0 saturated heterocycles. The molecule has 88 valence electrons. The second kappa shape index (κ2) is 6.22. The third-order valence-electron chi connectivity index (χ3n) is 1.98. The van der Waals surface area contributed by atoms with Crippen LogP contribution in [0.4, 0.5) is 11.5 Å². The molecule has 1 aromatic heterocycles. The molecule has 0 aromatic carbocycles. The summed E-state index contributed by atoms with van der Waals surface area (Å²) in [4.78, 5) is 14.6. The molecule has 0 radical (unpaired) electrons. The lowest BCUT2D eigenvalue weighted by Crippen LogP contribution is -2.08. The van der Waals surface area contributed by atoms with Gasteiger partial charge in [-0.25, -0.2) is 9.78 Å². The molecular formula is C10H15N3O2S. The van der Waals surface area contributed by atoms with Gasteiger partial charge < -0.3 is 16.2 Å². The molecule has 0 saturated carbocycles. The van der Waals surface area contributed by atoms with Gasteiger partial charge in [0, 0.05) is 12.7 Å². The van der Waals surface area contributed by atoms with Crippen LogP contribution in [-0.2, 0) is 0 Å². The first-order chi connectivity index (χ1) is 7.65. The van der Waals surface area contributed by atoms with E-state index in [2.05, 4.69) is 10.3 Å². The molecule has 16 heavy (non-hydrogen) atoms. The molecule has 0 unspecified atom stereocenters. The van der Waals surface area contributed by atoms with Crippen molar-refractivity contribution in [2.75, 3.05) is 29.6 Å². The van der Waals surface area contributed by atoms with Crippen molar-refractivity contribution < 1.29 is 9.90 Å². The van der Waals surface area contributed by atoms with Crippen molar-refractivity contribution in [3.8, 4) is 0 Å². The van der Waals surface area contributed by atoms with Gasteiger partial charge in [-0.1, -0.05) is 0 Å². The molecule has 0 aliphatic heterocycles. The summed E-state index contributed by atoms with van der Waals surface area (Å²) in [6, 6.07) is 1.41. The van der Waals surface area contributed by atoms with Crippen LogP contribution in [0.1, 0.15) is 16.8 Å². The number of anilines is 2. The van der Waals surface area contributed by atoms with Crippen LogP contribution < -0.4 is 11.1 Å². The standard InChI is InChI=1S/C10H15N3O2S/c1-16-4-2-3-12-9-8(11)5-7(6-13-9)10(14)15/h5-6H,2-4,11H2,1H3,(H,12,13)(H,14,15). The number of nitrogens with one attached hydrogen (secondary N) is 1. The Balaban J connectivity index is 2.57. The molecule has 0 spiro atoms. The highest BCUT2D eigenvalue weighted by atomic mass is 32.2. The molecule has 5 nitrogen and oxygen atoms in total. The fourth-order valence-electron chi connectivity index (χ4n) is 1.17. The van der Waals surface area contributed by atoms with Gasteiger partial charge in [0.15, 0.2) is 0 Å². The Morgan fingerprint density at radius 2 is 2.44 bits per heavy atom. The number of carboxylic acids is 1. The topological polar surface area (TPSA) is 88.2 Å². The number of thioether (sulfide) groups is 1. The number of hydrogen-bond donors (Lipinski definition) is 3. The zero-order valence-corrected chi connectivity index (χ0v) is 9.88. The summed E-state index contributed by atoms with van der Waals surface area (Å²) >= 11 is 1.78. The van der Waals surface area contributed by atoms with E-state index in [9.17, 15) is 4.79 Å². The van der Waals surface area contributed by atoms with E-state index in [1.54, 1.807) is 11.8 Å². The number of pyridine rings is 1. The number of hydrogen-bond acceptors (Lipinski definition) is 5. The Labute approximate surface area is 98.4 Å². The Hall–Kier alpha value is -1.43. The molecule has 0 aliphatic rings. The molecule has 6 heteroatoms. The lowest BCUT2D eigenvalue weighted by atomic mass is 10.2. The van der Waals surface area contributed by atoms with E-state index in [0.29, 0.717) is 11.5 Å². The molecular weight excluding hydrogens is 226 g/mol. The van der Waals surface area contributed by atoms with E-state index in [0.717, 1.165) is 18.7 Å². The van der Waals surface area contributed by atoms with Crippen molar-refractivity contribution in [1.29, 1.82) is 0 Å². The van der Waals surface area contributed by atoms with Crippen LogP contribution in [0.5, 0.6) is 0 Å². The summed E-state index contributed by atoms with van der Waals surface area (Å²) in [5.74, 6) is 0.597. The Bertz CT molecular complexity index is 371. The summed E-state index contributed by atoms with van der Waals surface area (Å²) in [5, 5.41) is 11.8. The third-order valence-corrected chi connectivity index (χ3v) is 2.68. The molecule has 0 bridgehead atoms. The SMILES string of the molecule is CSCCCNc1ncc(C(=O)O)cc1N. The Kier molecular flexibility index (Phi) is 4.91. The smallest absolute Gasteiger partial charge is 0.337 e. The fourth-order valence-corrected chi connectivity index (χ4v) is 1.60. The first kappa shape index (κ1) is 12.6. The van der Waals surface area contributed by atoms with Gasteiger partial charge in [-0.2, -0.15) is 11.8 Å². The quantitative estimate of drug-likeness (QED) is 0.654. The van der Waals surface area contributed by atoms with Crippen LogP contribution in [0, 0.1) is 0 Å². The number of aromatic carboxylic acids is 1. The number of nitrogen functional groups attached to an aromatic ring is 1. The first-order valence-electron chi connectivity index (χ1n) is 4.86. The zero-order chi connectivity index (χ0) is 12.0. The van der Waals surface area contributed by atoms with Crippen LogP contribution in [0.2, 0.25) is 0 Å². The highest BCUT2D eigenvalue weighted by Gasteiger charge is 2.06. The van der Waals surface area contributed by atoms with Gasteiger partial charge in [-0.3, -0.25) is 0 Å². The third kappa shape index (κ3) is 3.62. The molecule has 1 rings (SSSR count). The Morgan fingerprint density at radius 1 is 1.69 bits per heavy atom. The van der Waals surface area contributed by atoms with Crippen LogP contribution in [-0.4, -0.2) is 34.6 Å². The van der Waals surface area contributed by atoms with Crippen LogP contribution in [0.3, 0.4) is 0 Å². The molecule has 0 fully saturated rings. The molecule has 1 aromatic rings. The second-order valence-corrected chi connectivity index (χ2v) is 4.23. The number of carbonyl (C=O) groups is 1. The Morgan fingerprint density at radius 3 is 3.00 bits per heavy atom. The maximum Gasteiger partial charge on any atom is 0.337 e. The van der Waals surface area contributed by atoms with E-state index in [1.807, 2.05) is 6.26 Å². The van der Waals surface area contributed by atoms with Crippen molar-refractivity contribution in [3.63, 3.8) is 0 Å². The van der Waals surface area contributed by atoms with Crippen molar-refractivity contribution >= 4 is 29.2 Å². The molecule has 0 aliphatic carbocycles. The van der Waals surface area contributed by atoms with E-state index in [-0.39, 0.29) is 5.56 Å². The first-order valence-corrected chi connectivity index (χ1v) is 6.26. The summed E-state index contributed by atoms with van der Waals surface area (Å²) in [7, 11) is 0. The maximum atomic E-state index is 10.6. The van der Waals surface area contributed by atoms with Gasteiger partial charge in [0.2, 0.25) is 0 Å². The predicted molar refractivity (Wildman–Crippen MR) is 67.1 cm³/mol. The summed E-state index contributed by atoms with van der Waals surface area (Å²) in [6.45, 7) is 0.782. The molecule has 1 heterocycles. The van der Waals surface area contributed by atoms with Crippen molar-refractivity contribution in [1.82, 2.24) is 4.98 Å². The second-order valence-electron chi connectivity index (χ2n) is 3.24. The minimum Gasteiger partial charge on any atom is -0.478 e. The average molecular weight is 241 g/mol. The highest BCUT2D eigenvalue weighted by molar-refractivity contribution is 7.98. The highest BCUT2D eigenvalue weighted by Crippen LogP contribution is 2.16. The molecule has 0 atom stereocenters. The van der Waals surface area contributed by atoms with Crippen molar-refractivity contribution in [3.05, 3.63) is 17.8 Å². The van der Waals surface area contributed by atoms with E-state index >= 15 is 0 Å². The van der Waals surface area contributed by atoms with Crippen molar-refractivity contribution in [2.24, 2.45) is 0 Å². The van der Waals surface area contributed by atoms with Gasteiger partial charge in [0.25, 0.3) is 0 Å². The normalized spacial score (nSPS) is 10.1. The lowest BCUT2D eigenvalue weighted by molar-refractivity contribution is 0.0696. The van der Waals surface area contributed by atoms with Gasteiger partial charge in [0.05, 0.1) is 11.3 Å². The van der Waals surface area contributed by atoms with E-state index in [4.69, 9.17) is 10.8 Å². The van der Waals surface area contributed by atoms with E-state index < -0.39 is 5.97 Å². The summed E-state index contributed by atoms with van der Waals surface area (Å²) in [6.07, 6.45) is 4.37. The largest absolute Gasteiger partial charge is 0.478 e. The van der Waals surface area contributed by atoms with Crippen LogP contribution in [0.25, 0.3) is 0 Å². The van der Waals surface area contributed by atoms with Gasteiger partial charge in [-0.15, -0.1) is 0 Å². The summed E-state index contributed by atoms with van der Waals surface area (Å²) in [5.41, 5.74) is 6.15. The van der Waals surface area contributed by atoms with E-state index in [1.165, 1.54) is 12.3 Å². The maximum absolute atomic E-state index is 10.6. The number of rotatable bonds is 6. The lowest BCUT2D eigenvalue weighted by Gasteiger charge is -2.08. The minimum atomic E-state index is -1.02. The predicted octanol–water partition coefficient (Wildman–Crippen LogP) is 1.53. The zero-order valence-electron chi connectivity index (χ0n) is 9.06. The van der Waals surface area contributed by atoms with Gasteiger partial charge >= 0.3 is 5.97 Å². The number of aromatic nitrogens is 1. The monoisotopic (exact) mass is 241 g/mol.